The van der Waals surface area contributed by atoms with Gasteiger partial charge in [-0.05, 0) is 6.42 Å². The van der Waals surface area contributed by atoms with Crippen molar-refractivity contribution in [1.82, 2.24) is 4.90 Å². The molecule has 7 nitrogen and oxygen atoms in total. The third-order valence-electron chi connectivity index (χ3n) is 2.32. The molecule has 0 saturated carbocycles. The van der Waals surface area contributed by atoms with Crippen molar-refractivity contribution < 1.29 is 36.1 Å². The summed E-state index contributed by atoms with van der Waals surface area (Å²) in [4.78, 5) is 23.1. The molecule has 1 amide bonds. The molecule has 0 atom stereocenters. The molecule has 18 heavy (non-hydrogen) atoms. The van der Waals surface area contributed by atoms with Crippen LogP contribution in [0.4, 0.5) is 8.78 Å². The highest BCUT2D eigenvalue weighted by Gasteiger charge is 2.48. The maximum atomic E-state index is 12.6. The third kappa shape index (κ3) is 3.13. The number of halogens is 2. The van der Waals surface area contributed by atoms with Crippen LogP contribution in [-0.4, -0.2) is 54.7 Å². The van der Waals surface area contributed by atoms with Gasteiger partial charge in [-0.2, -0.15) is 8.78 Å². The highest BCUT2D eigenvalue weighted by molar-refractivity contribution is 7.87. The monoisotopic (exact) mass is 286 g/mol. The van der Waals surface area contributed by atoms with Crippen molar-refractivity contribution in [3.63, 3.8) is 0 Å². The van der Waals surface area contributed by atoms with Gasteiger partial charge in [0.1, 0.15) is 6.61 Å². The van der Waals surface area contributed by atoms with E-state index < -0.39 is 27.9 Å². The van der Waals surface area contributed by atoms with Crippen LogP contribution in [0.25, 0.3) is 0 Å². The summed E-state index contributed by atoms with van der Waals surface area (Å²) in [6.07, 6.45) is 0.955. The van der Waals surface area contributed by atoms with E-state index in [4.69, 9.17) is 0 Å². The molecule has 0 aromatic heterocycles. The summed E-state index contributed by atoms with van der Waals surface area (Å²) in [5.41, 5.74) is 0. The van der Waals surface area contributed by atoms with E-state index >= 15 is 0 Å². The lowest BCUT2D eigenvalue weighted by atomic mass is 10.4. The predicted octanol–water partition coefficient (Wildman–Crippen LogP) is -0.710. The van der Waals surface area contributed by atoms with Crippen molar-refractivity contribution in [2.45, 2.75) is 18.1 Å². The molecule has 0 spiro atoms. The second kappa shape index (κ2) is 5.14. The lowest BCUT2D eigenvalue weighted by molar-refractivity contribution is -0.162. The lowest BCUT2D eigenvalue weighted by Crippen LogP contribution is -2.40. The SMILES string of the molecule is O=C1CCCN1CCOC(=O)C(F)(F)S(=O)(=O)[O-]. The first-order chi connectivity index (χ1) is 8.16. The Kier molecular flexibility index (Phi) is 4.22. The highest BCUT2D eigenvalue weighted by Crippen LogP contribution is 2.22. The predicted molar refractivity (Wildman–Crippen MR) is 51.4 cm³/mol. The van der Waals surface area contributed by atoms with Gasteiger partial charge >= 0.3 is 11.2 Å². The molecule has 1 aliphatic heterocycles. The van der Waals surface area contributed by atoms with Crippen LogP contribution in [0.15, 0.2) is 0 Å². The second-order valence-electron chi connectivity index (χ2n) is 3.59. The van der Waals surface area contributed by atoms with Crippen molar-refractivity contribution >= 4 is 22.0 Å². The number of alkyl halides is 2. The Bertz CT molecular complexity index is 449. The van der Waals surface area contributed by atoms with Crippen molar-refractivity contribution in [3.05, 3.63) is 0 Å². The average molecular weight is 286 g/mol. The van der Waals surface area contributed by atoms with Crippen LogP contribution in [0.3, 0.4) is 0 Å². The zero-order valence-electron chi connectivity index (χ0n) is 9.10. The zero-order valence-corrected chi connectivity index (χ0v) is 9.91. The van der Waals surface area contributed by atoms with E-state index in [-0.39, 0.29) is 12.5 Å². The number of hydrogen-bond donors (Lipinski definition) is 0. The van der Waals surface area contributed by atoms with Gasteiger partial charge in [0.2, 0.25) is 5.91 Å². The summed E-state index contributed by atoms with van der Waals surface area (Å²) >= 11 is 0. The number of nitrogens with zero attached hydrogens (tertiary/aromatic N) is 1. The fraction of sp³-hybridized carbons (Fsp3) is 0.750. The molecule has 0 unspecified atom stereocenters. The number of ether oxygens (including phenoxy) is 1. The van der Waals surface area contributed by atoms with Gasteiger partial charge < -0.3 is 14.2 Å². The van der Waals surface area contributed by atoms with Gasteiger partial charge in [-0.25, -0.2) is 13.2 Å². The van der Waals surface area contributed by atoms with E-state index in [9.17, 15) is 31.3 Å². The van der Waals surface area contributed by atoms with Gasteiger partial charge in [0, 0.05) is 13.0 Å². The largest absolute Gasteiger partial charge is 0.743 e. The van der Waals surface area contributed by atoms with Crippen molar-refractivity contribution in [2.75, 3.05) is 19.7 Å². The molecule has 0 bridgehead atoms. The van der Waals surface area contributed by atoms with E-state index in [0.29, 0.717) is 19.4 Å². The molecule has 0 aliphatic carbocycles. The molecule has 0 N–H and O–H groups in total. The second-order valence-corrected chi connectivity index (χ2v) is 5.01. The Morgan fingerprint density at radius 1 is 1.50 bits per heavy atom. The molecule has 1 rings (SSSR count). The van der Waals surface area contributed by atoms with E-state index in [1.54, 1.807) is 0 Å². The van der Waals surface area contributed by atoms with E-state index in [1.165, 1.54) is 4.90 Å². The number of carbonyl (C=O) groups excluding carboxylic acids is 2. The normalized spacial score (nSPS) is 17.1. The molecular formula is C8H10F2NO6S-. The summed E-state index contributed by atoms with van der Waals surface area (Å²) in [5, 5.41) is -5.11. The molecule has 104 valence electrons. The molecule has 10 heteroatoms. The van der Waals surface area contributed by atoms with Gasteiger partial charge in [0.05, 0.1) is 6.54 Å². The zero-order chi connectivity index (χ0) is 14.0. The first kappa shape index (κ1) is 14.8. The molecule has 0 aromatic rings. The van der Waals surface area contributed by atoms with Crippen LogP contribution in [0.2, 0.25) is 0 Å². The summed E-state index contributed by atoms with van der Waals surface area (Å²) in [6, 6.07) is 0. The molecule has 0 aromatic carbocycles. The van der Waals surface area contributed by atoms with Gasteiger partial charge in [0.25, 0.3) is 0 Å². The fourth-order valence-corrected chi connectivity index (χ4v) is 1.64. The van der Waals surface area contributed by atoms with Crippen LogP contribution in [0.5, 0.6) is 0 Å². The Morgan fingerprint density at radius 3 is 2.56 bits per heavy atom. The minimum absolute atomic E-state index is 0.112. The summed E-state index contributed by atoms with van der Waals surface area (Å²) in [6.45, 7) is -0.276. The van der Waals surface area contributed by atoms with Crippen molar-refractivity contribution in [1.29, 1.82) is 0 Å². The molecule has 1 aliphatic rings. The lowest BCUT2D eigenvalue weighted by Gasteiger charge is -2.19. The summed E-state index contributed by atoms with van der Waals surface area (Å²) in [5.74, 6) is -2.63. The quantitative estimate of drug-likeness (QED) is 0.488. The first-order valence-electron chi connectivity index (χ1n) is 4.94. The maximum absolute atomic E-state index is 12.6. The van der Waals surface area contributed by atoms with Crippen LogP contribution in [0.1, 0.15) is 12.8 Å². The van der Waals surface area contributed by atoms with E-state index in [0.717, 1.165) is 0 Å². The van der Waals surface area contributed by atoms with Gasteiger partial charge in [-0.3, -0.25) is 4.79 Å². The molecule has 1 heterocycles. The maximum Gasteiger partial charge on any atom is 0.428 e. The summed E-state index contributed by atoms with van der Waals surface area (Å²) < 4.78 is 59.6. The minimum atomic E-state index is -6.10. The number of hydrogen-bond acceptors (Lipinski definition) is 6. The molecular weight excluding hydrogens is 276 g/mol. The van der Waals surface area contributed by atoms with Gasteiger partial charge in [-0.15, -0.1) is 0 Å². The van der Waals surface area contributed by atoms with Crippen molar-refractivity contribution in [2.24, 2.45) is 0 Å². The molecule has 1 saturated heterocycles. The van der Waals surface area contributed by atoms with Gasteiger partial charge in [0.15, 0.2) is 10.1 Å². The number of carbonyl (C=O) groups is 2. The van der Waals surface area contributed by atoms with Gasteiger partial charge in [-0.1, -0.05) is 0 Å². The number of esters is 1. The standard InChI is InChI=1S/C8H11F2NO6S/c9-8(10,18(14,15)16)7(13)17-5-4-11-3-1-2-6(11)12/h1-5H2,(H,14,15,16)/p-1. The van der Waals surface area contributed by atoms with Crippen LogP contribution < -0.4 is 0 Å². The number of rotatable bonds is 5. The van der Waals surface area contributed by atoms with Crippen LogP contribution in [-0.2, 0) is 24.4 Å². The first-order valence-corrected chi connectivity index (χ1v) is 6.35. The minimum Gasteiger partial charge on any atom is -0.743 e. The Balaban J connectivity index is 2.45. The van der Waals surface area contributed by atoms with E-state index in [1.807, 2.05) is 0 Å². The van der Waals surface area contributed by atoms with Crippen LogP contribution >= 0.6 is 0 Å². The fourth-order valence-electron chi connectivity index (χ4n) is 1.38. The van der Waals surface area contributed by atoms with E-state index in [2.05, 4.69) is 4.74 Å². The highest BCUT2D eigenvalue weighted by atomic mass is 32.2. The smallest absolute Gasteiger partial charge is 0.428 e. The van der Waals surface area contributed by atoms with Crippen molar-refractivity contribution in [3.8, 4) is 0 Å². The Labute approximate surface area is 101 Å². The summed E-state index contributed by atoms with van der Waals surface area (Å²) in [7, 11) is -6.10. The third-order valence-corrected chi connectivity index (χ3v) is 3.11. The topological polar surface area (TPSA) is 104 Å². The molecule has 1 fully saturated rings. The number of amides is 1. The van der Waals surface area contributed by atoms with Crippen LogP contribution in [0, 0.1) is 0 Å². The average Bonchev–Trinajstić information content (AvgIpc) is 2.62. The molecule has 0 radical (unpaired) electrons. The Morgan fingerprint density at radius 2 is 2.11 bits per heavy atom. The Hall–Kier alpha value is -1.29. The number of likely N-dealkylation sites (tertiary alicyclic amines) is 1.